The molecule has 0 saturated heterocycles. The van der Waals surface area contributed by atoms with Gasteiger partial charge in [0.05, 0.1) is 23.9 Å². The Bertz CT molecular complexity index is 1180. The molecule has 0 aromatic rings. The molecule has 0 aromatic carbocycles. The fourth-order valence-corrected chi connectivity index (χ4v) is 2.74. The maximum Gasteiger partial charge on any atom is 4.00 e. The number of hydrogen-bond acceptors (Lipinski definition) is 28. The minimum absolute atomic E-state index is 0. The summed E-state index contributed by atoms with van der Waals surface area (Å²) in [5, 5.41) is 156. The van der Waals surface area contributed by atoms with Gasteiger partial charge in [-0.05, 0) is 0 Å². The Morgan fingerprint density at radius 3 is 0.313 bits per heavy atom. The van der Waals surface area contributed by atoms with E-state index in [9.17, 15) is 119 Å². The summed E-state index contributed by atoms with van der Waals surface area (Å²) < 4.78 is 0. The Labute approximate surface area is 434 Å². The molecule has 0 aliphatic rings. The van der Waals surface area contributed by atoms with Crippen LogP contribution in [0.5, 0.6) is 0 Å². The zero-order valence-corrected chi connectivity index (χ0v) is 39.5. The maximum absolute atomic E-state index is 10.1. The maximum atomic E-state index is 10.1. The normalized spacial score (nSPS) is 8.42. The first-order valence-electron chi connectivity index (χ1n) is 12.5. The van der Waals surface area contributed by atoms with Crippen LogP contribution < -0.4 is 135 Å². The molecule has 67 heavy (non-hydrogen) atoms. The Morgan fingerprint density at radius 1 is 0.224 bits per heavy atom. The molecule has 0 spiro atoms. The van der Waals surface area contributed by atoms with Gasteiger partial charge in [-0.15, -0.1) is 0 Å². The van der Waals surface area contributed by atoms with Crippen LogP contribution in [0, 0.1) is 0 Å². The van der Waals surface area contributed by atoms with E-state index in [1.165, 1.54) is 0 Å². The van der Waals surface area contributed by atoms with Crippen LogP contribution in [0.4, 0.5) is 0 Å². The van der Waals surface area contributed by atoms with E-state index in [-0.39, 0.29) is 152 Å². The fourth-order valence-electron chi connectivity index (χ4n) is 2.74. The number of aliphatic carboxylic acids is 12. The van der Waals surface area contributed by atoms with E-state index < -0.39 is 145 Å². The Balaban J connectivity index is -0.0000000251. The molecule has 4 N–H and O–H groups in total. The van der Waals surface area contributed by atoms with Crippen LogP contribution >= 0.6 is 0 Å². The summed E-state index contributed by atoms with van der Waals surface area (Å²) in [5.41, 5.74) is -11.9. The molecular weight excluding hydrogens is 1180 g/mol. The van der Waals surface area contributed by atoms with Gasteiger partial charge >= 0.3 is 78.6 Å². The largest absolute Gasteiger partial charge is 4.00 e. The van der Waals surface area contributed by atoms with Gasteiger partial charge in [0.1, 0.15) is 22.4 Å². The monoisotopic (exact) mass is 1190 g/mol. The molecule has 0 aliphatic heterocycles. The first-order chi connectivity index (χ1) is 23.1. The van der Waals surface area contributed by atoms with Crippen LogP contribution in [0.3, 0.4) is 0 Å². The van der Waals surface area contributed by atoms with Crippen LogP contribution in [-0.2, 0) is 136 Å². The van der Waals surface area contributed by atoms with Crippen LogP contribution in [0.1, 0.15) is 51.4 Å². The minimum Gasteiger partial charge on any atom is -0.550 e. The molecule has 356 valence electrons. The van der Waals surface area contributed by atoms with Crippen molar-refractivity contribution < 1.29 is 218 Å². The topological polar surface area (TPSA) is 928 Å². The van der Waals surface area contributed by atoms with Crippen molar-refractivity contribution in [1.82, 2.24) is 73.8 Å². The third kappa shape index (κ3) is 61.6. The molecule has 0 atom stereocenters. The van der Waals surface area contributed by atoms with Crippen molar-refractivity contribution in [3.05, 3.63) is 0 Å². The van der Waals surface area contributed by atoms with Gasteiger partial charge in [-0.3, -0.25) is 0 Å². The van der Waals surface area contributed by atoms with E-state index in [1.807, 2.05) is 0 Å². The van der Waals surface area contributed by atoms with Gasteiger partial charge in [0.15, 0.2) is 0 Å². The number of rotatable bonds is 20. The molecule has 0 saturated carbocycles. The number of carbonyl (C=O) groups is 12. The third-order valence-corrected chi connectivity index (χ3v) is 5.01. The molecule has 0 aliphatic carbocycles. The molecule has 0 rings (SSSR count). The van der Waals surface area contributed by atoms with Crippen molar-refractivity contribution in [1.29, 1.82) is 0 Å². The summed E-state index contributed by atoms with van der Waals surface area (Å²) >= 11 is 0. The van der Waals surface area contributed by atoms with E-state index in [4.69, 9.17) is 20.4 Å². The van der Waals surface area contributed by atoms with Gasteiger partial charge in [0.2, 0.25) is 0 Å². The van der Waals surface area contributed by atoms with Crippen LogP contribution in [0.15, 0.2) is 0 Å². The minimum atomic E-state index is -2.97. The Morgan fingerprint density at radius 2 is 0.284 bits per heavy atom. The first-order valence-corrected chi connectivity index (χ1v) is 12.5. The first kappa shape index (κ1) is 125. The number of hydrogen-bond donors (Lipinski definition) is 4. The second-order valence-corrected chi connectivity index (χ2v) is 9.67. The molecule has 0 unspecified atom stereocenters. The molecule has 36 radical (unpaired) electrons. The van der Waals surface area contributed by atoms with Crippen molar-refractivity contribution in [3.63, 3.8) is 0 Å². The van der Waals surface area contributed by atoms with Crippen molar-refractivity contribution in [3.8, 4) is 0 Å². The van der Waals surface area contributed by atoms with Crippen molar-refractivity contribution in [2.75, 3.05) is 0 Å². The zero-order valence-electron chi connectivity index (χ0n) is 32.1. The van der Waals surface area contributed by atoms with Crippen LogP contribution in [0.2, 0.25) is 0 Å². The van der Waals surface area contributed by atoms with Gasteiger partial charge in [-0.25, -0.2) is 0 Å². The van der Waals surface area contributed by atoms with Crippen LogP contribution in [0.25, 0.3) is 0 Å². The number of carboxylic acid groups (broad SMARTS) is 12. The Hall–Kier alpha value is -4.35. The number of aliphatic hydroxyl groups is 4. The average molecular weight is 1200 g/mol. The molecule has 0 amide bonds. The van der Waals surface area contributed by atoms with E-state index in [0.29, 0.717) is 0 Å². The Kier molecular flexibility index (Phi) is 104. The van der Waals surface area contributed by atoms with Crippen LogP contribution in [-0.4, -0.2) is 114 Å². The summed E-state index contributed by atoms with van der Waals surface area (Å²) in [5.74, 6) is -23.9. The standard InChI is InChI=1S/4C6H8O7.12N.3Zr/c4*7-3(8)1-6(13,5(11)12)2-4(9)10;;;;;;;;;;;;;;;/h4*13H,1-2H2,(H,7,8)(H,9,10)(H,11,12);;;;;;;;;;;;;;;/q;;;;;;;;;;;;;;;;3*+4/p-12. The number of nitrogens with zero attached hydrogens (tertiary/aromatic N) is 12. The third-order valence-electron chi connectivity index (χ3n) is 5.01. The van der Waals surface area contributed by atoms with Gasteiger partial charge in [0, 0.05) is 173 Å². The van der Waals surface area contributed by atoms with Gasteiger partial charge in [-0.1, -0.05) is 0 Å². The quantitative estimate of drug-likeness (QED) is 0.0879. The van der Waals surface area contributed by atoms with Gasteiger partial charge in [-0.2, -0.15) is 0 Å². The SMILES string of the molecule is O=C([O-])CC(O)(CC(=O)[O-])C(=O)[O-].O=C([O-])CC(O)(CC(=O)[O-])C(=O)[O-].O=C([O-])CC(O)(CC(=O)[O-])C(=O)[O-].O=C([O-])CC(O)(CC(=O)[O-])C(=O)[O-].[N].[N].[N].[N].[N].[N].[N].[N].[N].[N].[N].[N].[Zr+4].[Zr+4].[Zr+4]. The molecule has 0 aromatic heterocycles. The summed E-state index contributed by atoms with van der Waals surface area (Å²) in [7, 11) is 0. The molecule has 40 nitrogen and oxygen atoms in total. The number of carboxylic acids is 12. The fraction of sp³-hybridized carbons (Fsp3) is 0.500. The molecular formula is C24H20N12O28Zr3. The molecule has 0 heterocycles. The molecule has 0 fully saturated rings. The summed E-state index contributed by atoms with van der Waals surface area (Å²) in [6.07, 6.45) is -10.9. The van der Waals surface area contributed by atoms with E-state index in [0.717, 1.165) is 0 Å². The summed E-state index contributed by atoms with van der Waals surface area (Å²) in [6, 6.07) is 0. The van der Waals surface area contributed by atoms with Crippen molar-refractivity contribution >= 4 is 71.6 Å². The zero-order chi connectivity index (χ0) is 42.6. The van der Waals surface area contributed by atoms with Gasteiger partial charge in [0.25, 0.3) is 0 Å². The molecule has 0 bridgehead atoms. The summed E-state index contributed by atoms with van der Waals surface area (Å²) in [4.78, 5) is 120. The predicted molar refractivity (Wildman–Crippen MR) is 142 cm³/mol. The van der Waals surface area contributed by atoms with E-state index in [1.54, 1.807) is 0 Å². The van der Waals surface area contributed by atoms with Gasteiger partial charge < -0.3 is 139 Å². The molecule has 43 heteroatoms. The average Bonchev–Trinajstić information content (AvgIpc) is 2.85. The number of carbonyl (C=O) groups excluding carboxylic acids is 12. The smallest absolute Gasteiger partial charge is 0.550 e. The predicted octanol–water partition coefficient (Wildman–Crippen LogP) is -26.8. The van der Waals surface area contributed by atoms with Crippen molar-refractivity contribution in [2.45, 2.75) is 73.8 Å². The second kappa shape index (κ2) is 56.0. The van der Waals surface area contributed by atoms with E-state index in [2.05, 4.69) is 0 Å². The second-order valence-electron chi connectivity index (χ2n) is 9.67. The summed E-state index contributed by atoms with van der Waals surface area (Å²) in [6.45, 7) is 0. The van der Waals surface area contributed by atoms with E-state index >= 15 is 0 Å². The van der Waals surface area contributed by atoms with Crippen molar-refractivity contribution in [2.24, 2.45) is 0 Å².